The van der Waals surface area contributed by atoms with Crippen LogP contribution < -0.4 is 11.3 Å². The number of hydrogen-bond acceptors (Lipinski definition) is 5. The zero-order valence-corrected chi connectivity index (χ0v) is 11.7. The Hall–Kier alpha value is -1.66. The van der Waals surface area contributed by atoms with Crippen LogP contribution in [-0.2, 0) is 18.6 Å². The smallest absolute Gasteiger partial charge is 0.147 e. The van der Waals surface area contributed by atoms with Crippen LogP contribution in [0.15, 0.2) is 29.2 Å². The summed E-state index contributed by atoms with van der Waals surface area (Å²) in [6.07, 6.45) is 3.02. The van der Waals surface area contributed by atoms with Crippen LogP contribution in [-0.4, -0.2) is 9.97 Å². The Balaban J connectivity index is 1.80. The van der Waals surface area contributed by atoms with Crippen LogP contribution in [0.4, 0.5) is 10.2 Å². The fourth-order valence-electron chi connectivity index (χ4n) is 2.37. The molecular weight excluding hydrogens is 275 g/mol. The molecule has 1 aromatic heterocycles. The third-order valence-electron chi connectivity index (χ3n) is 3.31. The van der Waals surface area contributed by atoms with Crippen molar-refractivity contribution in [2.75, 3.05) is 5.43 Å². The molecule has 0 spiro atoms. The number of rotatable bonds is 4. The van der Waals surface area contributed by atoms with Gasteiger partial charge in [-0.05, 0) is 31.4 Å². The molecule has 0 amide bonds. The Morgan fingerprint density at radius 2 is 2.10 bits per heavy atom. The number of fused-ring (bicyclic) bond motifs is 1. The molecule has 0 saturated carbocycles. The van der Waals surface area contributed by atoms with Gasteiger partial charge in [0.1, 0.15) is 17.5 Å². The zero-order valence-electron chi connectivity index (χ0n) is 10.9. The maximum atomic E-state index is 13.6. The molecule has 0 radical (unpaired) electrons. The van der Waals surface area contributed by atoms with Crippen molar-refractivity contribution >= 4 is 17.6 Å². The van der Waals surface area contributed by atoms with E-state index >= 15 is 0 Å². The van der Waals surface area contributed by atoms with E-state index in [0.717, 1.165) is 30.5 Å². The molecule has 0 bridgehead atoms. The van der Waals surface area contributed by atoms with Gasteiger partial charge in [0.15, 0.2) is 0 Å². The van der Waals surface area contributed by atoms with E-state index in [1.54, 1.807) is 12.1 Å². The van der Waals surface area contributed by atoms with Gasteiger partial charge in [-0.3, -0.25) is 0 Å². The maximum Gasteiger partial charge on any atom is 0.147 e. The molecule has 4 nitrogen and oxygen atoms in total. The van der Waals surface area contributed by atoms with Gasteiger partial charge in [-0.2, -0.15) is 0 Å². The molecule has 0 aliphatic heterocycles. The number of nitrogen functional groups attached to an aromatic ring is 1. The SMILES string of the molecule is NNc1nc(CSc2ccccc2F)nc2c1CCC2. The van der Waals surface area contributed by atoms with E-state index in [4.69, 9.17) is 5.84 Å². The molecule has 1 aliphatic carbocycles. The average molecular weight is 290 g/mol. The summed E-state index contributed by atoms with van der Waals surface area (Å²) in [5.41, 5.74) is 4.83. The number of nitrogens with one attached hydrogen (secondary N) is 1. The quantitative estimate of drug-likeness (QED) is 0.515. The lowest BCUT2D eigenvalue weighted by atomic mass is 10.2. The summed E-state index contributed by atoms with van der Waals surface area (Å²) in [6.45, 7) is 0. The Labute approximate surface area is 121 Å². The van der Waals surface area contributed by atoms with Crippen molar-refractivity contribution in [1.82, 2.24) is 9.97 Å². The molecule has 3 N–H and O–H groups in total. The lowest BCUT2D eigenvalue weighted by Crippen LogP contribution is -2.13. The van der Waals surface area contributed by atoms with Crippen molar-refractivity contribution in [2.45, 2.75) is 29.9 Å². The molecule has 20 heavy (non-hydrogen) atoms. The second-order valence-corrected chi connectivity index (χ2v) is 5.65. The van der Waals surface area contributed by atoms with Crippen LogP contribution in [0, 0.1) is 5.82 Å². The number of halogens is 1. The van der Waals surface area contributed by atoms with Crippen molar-refractivity contribution < 1.29 is 4.39 Å². The molecule has 1 aromatic carbocycles. The van der Waals surface area contributed by atoms with Crippen molar-refractivity contribution in [3.63, 3.8) is 0 Å². The van der Waals surface area contributed by atoms with Crippen molar-refractivity contribution in [3.8, 4) is 0 Å². The average Bonchev–Trinajstić information content (AvgIpc) is 2.94. The van der Waals surface area contributed by atoms with Crippen molar-refractivity contribution in [2.24, 2.45) is 5.84 Å². The molecule has 0 unspecified atom stereocenters. The molecule has 0 saturated heterocycles. The van der Waals surface area contributed by atoms with Gasteiger partial charge in [0, 0.05) is 16.2 Å². The second kappa shape index (κ2) is 5.76. The molecule has 1 heterocycles. The van der Waals surface area contributed by atoms with Gasteiger partial charge in [0.05, 0.1) is 5.75 Å². The van der Waals surface area contributed by atoms with Crippen LogP contribution in [0.25, 0.3) is 0 Å². The number of hydrazine groups is 1. The predicted molar refractivity (Wildman–Crippen MR) is 77.8 cm³/mol. The minimum absolute atomic E-state index is 0.212. The molecule has 0 fully saturated rings. The highest BCUT2D eigenvalue weighted by Gasteiger charge is 2.18. The monoisotopic (exact) mass is 290 g/mol. The molecule has 1 aliphatic rings. The van der Waals surface area contributed by atoms with Crippen LogP contribution in [0.3, 0.4) is 0 Å². The molecule has 6 heteroatoms. The Morgan fingerprint density at radius 3 is 2.90 bits per heavy atom. The van der Waals surface area contributed by atoms with Crippen LogP contribution in [0.5, 0.6) is 0 Å². The van der Waals surface area contributed by atoms with Crippen LogP contribution in [0.1, 0.15) is 23.5 Å². The first-order valence-corrected chi connectivity index (χ1v) is 7.49. The Bertz CT molecular complexity index is 633. The Morgan fingerprint density at radius 1 is 1.25 bits per heavy atom. The van der Waals surface area contributed by atoms with Gasteiger partial charge in [-0.25, -0.2) is 20.2 Å². The summed E-state index contributed by atoms with van der Waals surface area (Å²) in [6, 6.07) is 6.72. The molecule has 0 atom stereocenters. The van der Waals surface area contributed by atoms with Crippen LogP contribution in [0.2, 0.25) is 0 Å². The van der Waals surface area contributed by atoms with Gasteiger partial charge < -0.3 is 5.43 Å². The molecule has 2 aromatic rings. The largest absolute Gasteiger partial charge is 0.308 e. The van der Waals surface area contributed by atoms with E-state index in [2.05, 4.69) is 15.4 Å². The van der Waals surface area contributed by atoms with E-state index in [1.807, 2.05) is 6.07 Å². The minimum Gasteiger partial charge on any atom is -0.308 e. The highest BCUT2D eigenvalue weighted by molar-refractivity contribution is 7.98. The van der Waals surface area contributed by atoms with E-state index in [9.17, 15) is 4.39 Å². The topological polar surface area (TPSA) is 63.8 Å². The summed E-state index contributed by atoms with van der Waals surface area (Å²) in [4.78, 5) is 9.58. The first kappa shape index (κ1) is 13.3. The second-order valence-electron chi connectivity index (χ2n) is 4.63. The molecular formula is C14H15FN4S. The highest BCUT2D eigenvalue weighted by Crippen LogP contribution is 2.28. The van der Waals surface area contributed by atoms with E-state index in [-0.39, 0.29) is 5.82 Å². The normalized spacial score (nSPS) is 13.3. The first-order valence-electron chi connectivity index (χ1n) is 6.50. The maximum absolute atomic E-state index is 13.6. The van der Waals surface area contributed by atoms with E-state index < -0.39 is 0 Å². The number of aromatic nitrogens is 2. The number of thioether (sulfide) groups is 1. The summed E-state index contributed by atoms with van der Waals surface area (Å²) in [7, 11) is 0. The van der Waals surface area contributed by atoms with Crippen molar-refractivity contribution in [3.05, 3.63) is 47.2 Å². The number of nitrogens with two attached hydrogens (primary N) is 1. The van der Waals surface area contributed by atoms with Gasteiger partial charge >= 0.3 is 0 Å². The van der Waals surface area contributed by atoms with Crippen LogP contribution >= 0.6 is 11.8 Å². The van der Waals surface area contributed by atoms with Gasteiger partial charge in [-0.15, -0.1) is 11.8 Å². The number of anilines is 1. The number of nitrogens with zero attached hydrogens (tertiary/aromatic N) is 2. The van der Waals surface area contributed by atoms with Crippen molar-refractivity contribution in [1.29, 1.82) is 0 Å². The Kier molecular flexibility index (Phi) is 3.84. The predicted octanol–water partition coefficient (Wildman–Crippen LogP) is 2.68. The summed E-state index contributed by atoms with van der Waals surface area (Å²) in [5.74, 6) is 7.23. The van der Waals surface area contributed by atoms with E-state index in [1.165, 1.54) is 17.8 Å². The highest BCUT2D eigenvalue weighted by atomic mass is 32.2. The molecule has 104 valence electrons. The number of benzene rings is 1. The zero-order chi connectivity index (χ0) is 13.9. The molecule has 3 rings (SSSR count). The standard InChI is InChI=1S/C14H15FN4S/c15-10-5-1-2-7-12(10)20-8-13-17-11-6-3-4-9(11)14(18-13)19-16/h1-2,5,7H,3-4,6,8,16H2,(H,17,18,19). The summed E-state index contributed by atoms with van der Waals surface area (Å²) < 4.78 is 13.6. The number of aryl methyl sites for hydroxylation is 1. The summed E-state index contributed by atoms with van der Waals surface area (Å²) in [5, 5.41) is 0. The van der Waals surface area contributed by atoms with E-state index in [0.29, 0.717) is 22.3 Å². The lowest BCUT2D eigenvalue weighted by Gasteiger charge is -2.09. The first-order chi connectivity index (χ1) is 9.78. The van der Waals surface area contributed by atoms with Gasteiger partial charge in [0.25, 0.3) is 0 Å². The summed E-state index contributed by atoms with van der Waals surface area (Å²) >= 11 is 1.40. The third kappa shape index (κ3) is 2.62. The van der Waals surface area contributed by atoms with Gasteiger partial charge in [-0.1, -0.05) is 12.1 Å². The minimum atomic E-state index is -0.212. The third-order valence-corrected chi connectivity index (χ3v) is 4.35. The lowest BCUT2D eigenvalue weighted by molar-refractivity contribution is 0.602. The fraction of sp³-hybridized carbons (Fsp3) is 0.286. The fourth-order valence-corrected chi connectivity index (χ4v) is 3.17. The van der Waals surface area contributed by atoms with Gasteiger partial charge in [0.2, 0.25) is 0 Å². The number of hydrogen-bond donors (Lipinski definition) is 2.